The van der Waals surface area contributed by atoms with Gasteiger partial charge in [-0.1, -0.05) is 6.07 Å². The van der Waals surface area contributed by atoms with Crippen LogP contribution < -0.4 is 35.5 Å². The zero-order chi connectivity index (χ0) is 27.5. The fraction of sp³-hybridized carbons (Fsp3) is 0.357. The molecule has 4 bridgehead atoms. The quantitative estimate of drug-likeness (QED) is 0.453. The first-order valence-electron chi connectivity index (χ1n) is 12.8. The van der Waals surface area contributed by atoms with Crippen LogP contribution >= 0.6 is 0 Å². The molecule has 11 heteroatoms. The average Bonchev–Trinajstić information content (AvgIpc) is 2.91. The highest BCUT2D eigenvalue weighted by atomic mass is 16.5. The van der Waals surface area contributed by atoms with Crippen LogP contribution in [0.2, 0.25) is 0 Å². The van der Waals surface area contributed by atoms with E-state index >= 15 is 0 Å². The van der Waals surface area contributed by atoms with Gasteiger partial charge in [0, 0.05) is 55.0 Å². The molecule has 4 heterocycles. The van der Waals surface area contributed by atoms with Crippen LogP contribution in [0.4, 0.5) is 11.8 Å². The van der Waals surface area contributed by atoms with E-state index in [4.69, 9.17) is 19.9 Å². The Morgan fingerprint density at radius 1 is 1.10 bits per heavy atom. The Kier molecular flexibility index (Phi) is 7.40. The van der Waals surface area contributed by atoms with Crippen LogP contribution in [0.1, 0.15) is 33.6 Å². The minimum absolute atomic E-state index is 0.184. The molecule has 2 amide bonds. The summed E-state index contributed by atoms with van der Waals surface area (Å²) in [5.74, 6) is 1.99. The summed E-state index contributed by atoms with van der Waals surface area (Å²) in [6.07, 6.45) is 0.300. The molecule has 2 aromatic carbocycles. The number of ether oxygens (including phenoxy) is 3. The van der Waals surface area contributed by atoms with Crippen molar-refractivity contribution in [1.29, 1.82) is 0 Å². The number of nitrogen functional groups attached to an aromatic ring is 1. The maximum atomic E-state index is 13.4. The van der Waals surface area contributed by atoms with Gasteiger partial charge in [0.25, 0.3) is 11.8 Å². The van der Waals surface area contributed by atoms with Crippen LogP contribution in [-0.2, 0) is 11.3 Å². The molecule has 1 fully saturated rings. The SMILES string of the molecule is COc1cc2ccc1CNC(=O)COc1cc(ccc1C)C(=O)N[C@H]1CN(c3cc(C)nc(N)n3)CC[C@H]1O2. The van der Waals surface area contributed by atoms with Gasteiger partial charge in [-0.3, -0.25) is 9.59 Å². The Bertz CT molecular complexity index is 1380. The predicted octanol–water partition coefficient (Wildman–Crippen LogP) is 2.15. The first kappa shape index (κ1) is 26.1. The number of methoxy groups -OCH3 is 1. The van der Waals surface area contributed by atoms with Crippen LogP contribution in [-0.4, -0.2) is 60.7 Å². The van der Waals surface area contributed by atoms with E-state index in [2.05, 4.69) is 25.5 Å². The molecule has 0 spiro atoms. The highest BCUT2D eigenvalue weighted by Crippen LogP contribution is 2.29. The minimum Gasteiger partial charge on any atom is -0.496 e. The van der Waals surface area contributed by atoms with Gasteiger partial charge in [0.15, 0.2) is 6.61 Å². The van der Waals surface area contributed by atoms with Gasteiger partial charge in [-0.15, -0.1) is 0 Å². The van der Waals surface area contributed by atoms with Crippen LogP contribution in [0.25, 0.3) is 0 Å². The number of benzene rings is 2. The topological polar surface area (TPSA) is 141 Å². The van der Waals surface area contributed by atoms with Gasteiger partial charge in [0.1, 0.15) is 29.2 Å². The number of piperidine rings is 1. The average molecular weight is 533 g/mol. The summed E-state index contributed by atoms with van der Waals surface area (Å²) in [7, 11) is 1.57. The zero-order valence-corrected chi connectivity index (χ0v) is 22.2. The van der Waals surface area contributed by atoms with Crippen molar-refractivity contribution < 1.29 is 23.8 Å². The van der Waals surface area contributed by atoms with Gasteiger partial charge in [-0.2, -0.15) is 4.98 Å². The number of fused-ring (bicyclic) bond motifs is 7. The Hall–Kier alpha value is -4.54. The number of carbonyl (C=O) groups excluding carboxylic acids is 2. The van der Waals surface area contributed by atoms with Crippen molar-refractivity contribution in [2.75, 3.05) is 37.4 Å². The molecule has 2 atom stereocenters. The number of rotatable bonds is 2. The smallest absolute Gasteiger partial charge is 0.258 e. The predicted molar refractivity (Wildman–Crippen MR) is 145 cm³/mol. The van der Waals surface area contributed by atoms with E-state index in [0.29, 0.717) is 48.1 Å². The Balaban J connectivity index is 1.49. The van der Waals surface area contributed by atoms with Crippen LogP contribution in [0.15, 0.2) is 42.5 Å². The highest BCUT2D eigenvalue weighted by Gasteiger charge is 2.33. The van der Waals surface area contributed by atoms with Crippen molar-refractivity contribution in [1.82, 2.24) is 20.6 Å². The lowest BCUT2D eigenvalue weighted by molar-refractivity contribution is -0.123. The van der Waals surface area contributed by atoms with Crippen molar-refractivity contribution >= 4 is 23.6 Å². The van der Waals surface area contributed by atoms with Crippen molar-refractivity contribution in [2.45, 2.75) is 39.0 Å². The van der Waals surface area contributed by atoms with E-state index in [1.54, 1.807) is 31.4 Å². The molecule has 1 aromatic heterocycles. The number of carbonyl (C=O) groups is 2. The summed E-state index contributed by atoms with van der Waals surface area (Å²) < 4.78 is 17.8. The van der Waals surface area contributed by atoms with Gasteiger partial charge in [0.2, 0.25) is 5.95 Å². The summed E-state index contributed by atoms with van der Waals surface area (Å²) in [6, 6.07) is 12.2. The minimum atomic E-state index is -0.377. The molecule has 11 nitrogen and oxygen atoms in total. The summed E-state index contributed by atoms with van der Waals surface area (Å²) in [5, 5.41) is 6.00. The first-order chi connectivity index (χ1) is 18.8. The normalized spacial score (nSPS) is 19.6. The van der Waals surface area contributed by atoms with Gasteiger partial charge < -0.3 is 35.5 Å². The summed E-state index contributed by atoms with van der Waals surface area (Å²) in [4.78, 5) is 36.6. The molecule has 204 valence electrons. The number of aromatic nitrogens is 2. The molecular formula is C28H32N6O5. The number of amides is 2. The molecule has 4 N–H and O–H groups in total. The molecule has 1 saturated heterocycles. The van der Waals surface area contributed by atoms with E-state index < -0.39 is 0 Å². The Labute approximate surface area is 226 Å². The first-order valence-corrected chi connectivity index (χ1v) is 12.8. The van der Waals surface area contributed by atoms with E-state index in [9.17, 15) is 9.59 Å². The molecule has 3 aromatic rings. The van der Waals surface area contributed by atoms with Crippen molar-refractivity contribution in [3.8, 4) is 17.2 Å². The van der Waals surface area contributed by atoms with Crippen molar-refractivity contribution in [3.05, 3.63) is 64.8 Å². The number of anilines is 2. The summed E-state index contributed by atoms with van der Waals surface area (Å²) >= 11 is 0. The van der Waals surface area contributed by atoms with Crippen LogP contribution in [0, 0.1) is 13.8 Å². The number of nitrogens with one attached hydrogen (secondary N) is 2. The number of hydrogen-bond acceptors (Lipinski definition) is 9. The molecule has 3 aliphatic rings. The number of nitrogens with zero attached hydrogens (tertiary/aromatic N) is 3. The number of nitrogens with two attached hydrogens (primary N) is 1. The second kappa shape index (κ2) is 11.1. The molecule has 6 rings (SSSR count). The van der Waals surface area contributed by atoms with Crippen molar-refractivity contribution in [2.24, 2.45) is 0 Å². The van der Waals surface area contributed by atoms with E-state index in [-0.39, 0.29) is 43.1 Å². The fourth-order valence-corrected chi connectivity index (χ4v) is 4.81. The number of aryl methyl sites for hydroxylation is 2. The van der Waals surface area contributed by atoms with Crippen molar-refractivity contribution in [3.63, 3.8) is 0 Å². The molecule has 0 saturated carbocycles. The summed E-state index contributed by atoms with van der Waals surface area (Å²) in [5.41, 5.74) is 8.71. The lowest BCUT2D eigenvalue weighted by atomic mass is 10.0. The fourth-order valence-electron chi connectivity index (χ4n) is 4.81. The Morgan fingerprint density at radius 2 is 1.95 bits per heavy atom. The van der Waals surface area contributed by atoms with E-state index in [1.807, 2.05) is 32.0 Å². The van der Waals surface area contributed by atoms with Gasteiger partial charge in [0.05, 0.1) is 13.2 Å². The second-order valence-corrected chi connectivity index (χ2v) is 9.72. The largest absolute Gasteiger partial charge is 0.496 e. The maximum absolute atomic E-state index is 13.4. The third-order valence-corrected chi connectivity index (χ3v) is 6.88. The monoisotopic (exact) mass is 532 g/mol. The molecule has 3 aliphatic heterocycles. The third kappa shape index (κ3) is 5.97. The maximum Gasteiger partial charge on any atom is 0.258 e. The Morgan fingerprint density at radius 3 is 2.74 bits per heavy atom. The van der Waals surface area contributed by atoms with E-state index in [0.717, 1.165) is 16.8 Å². The molecular weight excluding hydrogens is 500 g/mol. The third-order valence-electron chi connectivity index (χ3n) is 6.88. The molecule has 0 radical (unpaired) electrons. The lowest BCUT2D eigenvalue weighted by Gasteiger charge is -2.39. The van der Waals surface area contributed by atoms with Gasteiger partial charge in [-0.05, 0) is 43.7 Å². The van der Waals surface area contributed by atoms with E-state index in [1.165, 1.54) is 0 Å². The molecule has 0 aliphatic carbocycles. The molecule has 39 heavy (non-hydrogen) atoms. The van der Waals surface area contributed by atoms with Crippen LogP contribution in [0.5, 0.6) is 17.2 Å². The zero-order valence-electron chi connectivity index (χ0n) is 22.2. The highest BCUT2D eigenvalue weighted by molar-refractivity contribution is 5.95. The van der Waals surface area contributed by atoms with Gasteiger partial charge >= 0.3 is 0 Å². The molecule has 0 unspecified atom stereocenters. The summed E-state index contributed by atoms with van der Waals surface area (Å²) in [6.45, 7) is 4.92. The lowest BCUT2D eigenvalue weighted by Crippen LogP contribution is -2.57. The van der Waals surface area contributed by atoms with Gasteiger partial charge in [-0.25, -0.2) is 4.98 Å². The second-order valence-electron chi connectivity index (χ2n) is 9.72. The standard InChI is InChI=1S/C28H32N6O5/c1-16-4-5-18-11-23(16)38-15-26(35)30-13-19-6-7-20(12-24(19)37-3)39-22-8-9-34(14-21(22)32-27(18)36)25-10-17(2)31-28(29)33-25/h4-7,10-12,21-22H,8-9,13-15H2,1-3H3,(H,30,35)(H,32,36)(H2,29,31,33)/t21-,22+/m0/s1. The number of hydrogen-bond donors (Lipinski definition) is 3. The van der Waals surface area contributed by atoms with Crippen LogP contribution in [0.3, 0.4) is 0 Å².